The van der Waals surface area contributed by atoms with Gasteiger partial charge in [0, 0.05) is 24.1 Å². The molecule has 2 aliphatic rings. The van der Waals surface area contributed by atoms with Crippen LogP contribution in [0.5, 0.6) is 11.5 Å². The van der Waals surface area contributed by atoms with Crippen molar-refractivity contribution in [3.63, 3.8) is 0 Å². The Kier molecular flexibility index (Phi) is 5.13. The predicted octanol–water partition coefficient (Wildman–Crippen LogP) is 2.39. The van der Waals surface area contributed by atoms with Crippen molar-refractivity contribution < 1.29 is 19.1 Å². The van der Waals surface area contributed by atoms with Gasteiger partial charge < -0.3 is 19.7 Å². The van der Waals surface area contributed by atoms with Crippen molar-refractivity contribution in [3.8, 4) is 11.5 Å². The van der Waals surface area contributed by atoms with E-state index in [-0.39, 0.29) is 11.8 Å². The standard InChI is InChI=1S/C18H24N2O4S/c1-12(2)9-20-16(21)10-25-11-18(20,3)17(22)19-13-4-5-14-15(8-13)24-7-6-23-14/h4-5,8,12H,6-7,9-11H2,1-3H3,(H,19,22). The lowest BCUT2D eigenvalue weighted by Gasteiger charge is -2.43. The largest absolute Gasteiger partial charge is 0.486 e. The smallest absolute Gasteiger partial charge is 0.250 e. The Labute approximate surface area is 152 Å². The zero-order valence-corrected chi connectivity index (χ0v) is 15.6. The quantitative estimate of drug-likeness (QED) is 0.888. The molecule has 0 radical (unpaired) electrons. The van der Waals surface area contributed by atoms with E-state index in [1.54, 1.807) is 23.1 Å². The summed E-state index contributed by atoms with van der Waals surface area (Å²) in [5.74, 6) is 2.47. The molecule has 0 spiro atoms. The maximum Gasteiger partial charge on any atom is 0.250 e. The fourth-order valence-corrected chi connectivity index (χ4v) is 4.13. The van der Waals surface area contributed by atoms with Crippen molar-refractivity contribution in [3.05, 3.63) is 18.2 Å². The molecule has 3 rings (SSSR count). The highest BCUT2D eigenvalue weighted by Gasteiger charge is 2.45. The topological polar surface area (TPSA) is 67.9 Å². The molecule has 1 N–H and O–H groups in total. The third-order valence-electron chi connectivity index (χ3n) is 4.34. The first kappa shape index (κ1) is 17.9. The number of nitrogens with one attached hydrogen (secondary N) is 1. The van der Waals surface area contributed by atoms with Gasteiger partial charge in [0.2, 0.25) is 5.91 Å². The third-order valence-corrected chi connectivity index (χ3v) is 5.56. The Morgan fingerprint density at radius 3 is 2.76 bits per heavy atom. The number of anilines is 1. The molecule has 25 heavy (non-hydrogen) atoms. The lowest BCUT2D eigenvalue weighted by molar-refractivity contribution is -0.142. The van der Waals surface area contributed by atoms with Crippen LogP contribution in [0.4, 0.5) is 5.69 Å². The summed E-state index contributed by atoms with van der Waals surface area (Å²) < 4.78 is 11.1. The summed E-state index contributed by atoms with van der Waals surface area (Å²) in [7, 11) is 0. The molecular weight excluding hydrogens is 340 g/mol. The molecule has 1 aromatic carbocycles. The maximum atomic E-state index is 13.0. The third kappa shape index (κ3) is 3.71. The minimum absolute atomic E-state index is 0.0183. The molecular formula is C18H24N2O4S. The van der Waals surface area contributed by atoms with Gasteiger partial charge in [0.1, 0.15) is 18.8 Å². The molecule has 0 bridgehead atoms. The van der Waals surface area contributed by atoms with Crippen LogP contribution in [0.3, 0.4) is 0 Å². The van der Waals surface area contributed by atoms with Gasteiger partial charge in [0.15, 0.2) is 11.5 Å². The van der Waals surface area contributed by atoms with Crippen molar-refractivity contribution in [2.24, 2.45) is 5.92 Å². The van der Waals surface area contributed by atoms with Gasteiger partial charge in [0.25, 0.3) is 5.91 Å². The minimum Gasteiger partial charge on any atom is -0.486 e. The molecule has 0 aromatic heterocycles. The molecule has 6 nitrogen and oxygen atoms in total. The van der Waals surface area contributed by atoms with Crippen molar-refractivity contribution in [1.29, 1.82) is 0 Å². The van der Waals surface area contributed by atoms with Crippen molar-refractivity contribution >= 4 is 29.3 Å². The highest BCUT2D eigenvalue weighted by atomic mass is 32.2. The number of rotatable bonds is 4. The van der Waals surface area contributed by atoms with Gasteiger partial charge in [-0.15, -0.1) is 11.8 Å². The van der Waals surface area contributed by atoms with Crippen LogP contribution >= 0.6 is 11.8 Å². The molecule has 2 amide bonds. The van der Waals surface area contributed by atoms with E-state index in [9.17, 15) is 9.59 Å². The number of hydrogen-bond donors (Lipinski definition) is 1. The van der Waals surface area contributed by atoms with E-state index in [1.165, 1.54) is 11.8 Å². The fraction of sp³-hybridized carbons (Fsp3) is 0.556. The lowest BCUT2D eigenvalue weighted by atomic mass is 9.98. The summed E-state index contributed by atoms with van der Waals surface area (Å²) >= 11 is 1.51. The second-order valence-corrected chi connectivity index (χ2v) is 7.96. The first-order valence-corrected chi connectivity index (χ1v) is 9.65. The fourth-order valence-electron chi connectivity index (χ4n) is 3.01. The zero-order chi connectivity index (χ0) is 18.0. The Hall–Kier alpha value is -1.89. The summed E-state index contributed by atoms with van der Waals surface area (Å²) in [6.07, 6.45) is 0. The van der Waals surface area contributed by atoms with Gasteiger partial charge in [-0.2, -0.15) is 0 Å². The average Bonchev–Trinajstić information content (AvgIpc) is 2.58. The van der Waals surface area contributed by atoms with E-state index in [0.717, 1.165) is 0 Å². The van der Waals surface area contributed by atoms with Crippen LogP contribution < -0.4 is 14.8 Å². The van der Waals surface area contributed by atoms with E-state index in [4.69, 9.17) is 9.47 Å². The summed E-state index contributed by atoms with van der Waals surface area (Å²) in [5.41, 5.74) is -0.222. The second-order valence-electron chi connectivity index (χ2n) is 6.98. The van der Waals surface area contributed by atoms with Crippen molar-refractivity contribution in [1.82, 2.24) is 4.90 Å². The number of amides is 2. The highest BCUT2D eigenvalue weighted by molar-refractivity contribution is 8.00. The van der Waals surface area contributed by atoms with Crippen LogP contribution in [0, 0.1) is 5.92 Å². The molecule has 7 heteroatoms. The summed E-state index contributed by atoms with van der Waals surface area (Å²) in [6.45, 7) is 7.54. The first-order chi connectivity index (χ1) is 11.9. The minimum atomic E-state index is -0.864. The monoisotopic (exact) mass is 364 g/mol. The maximum absolute atomic E-state index is 13.0. The van der Waals surface area contributed by atoms with E-state index >= 15 is 0 Å². The van der Waals surface area contributed by atoms with Crippen LogP contribution in [0.25, 0.3) is 0 Å². The van der Waals surface area contributed by atoms with E-state index in [0.29, 0.717) is 54.4 Å². The van der Waals surface area contributed by atoms with Crippen LogP contribution in [0.1, 0.15) is 20.8 Å². The number of nitrogens with zero attached hydrogens (tertiary/aromatic N) is 1. The number of hydrogen-bond acceptors (Lipinski definition) is 5. The molecule has 1 aromatic rings. The Morgan fingerprint density at radius 2 is 2.04 bits per heavy atom. The normalized spacial score (nSPS) is 22.9. The van der Waals surface area contributed by atoms with Crippen LogP contribution in [-0.4, -0.2) is 53.5 Å². The van der Waals surface area contributed by atoms with E-state index in [2.05, 4.69) is 5.32 Å². The summed E-state index contributed by atoms with van der Waals surface area (Å²) in [6, 6.07) is 5.35. The van der Waals surface area contributed by atoms with E-state index < -0.39 is 5.54 Å². The zero-order valence-electron chi connectivity index (χ0n) is 14.8. The first-order valence-electron chi connectivity index (χ1n) is 8.49. The van der Waals surface area contributed by atoms with Gasteiger partial charge in [-0.1, -0.05) is 13.8 Å². The van der Waals surface area contributed by atoms with Gasteiger partial charge in [-0.05, 0) is 25.0 Å². The number of carbonyl (C=O) groups is 2. The SMILES string of the molecule is CC(C)CN1C(=O)CSCC1(C)C(=O)Nc1ccc2c(c1)OCCO2. The average molecular weight is 364 g/mol. The number of carbonyl (C=O) groups excluding carboxylic acids is 2. The van der Waals surface area contributed by atoms with Crippen LogP contribution in [-0.2, 0) is 9.59 Å². The van der Waals surface area contributed by atoms with Gasteiger partial charge in [-0.3, -0.25) is 9.59 Å². The Bertz CT molecular complexity index is 679. The molecule has 1 saturated heterocycles. The molecule has 1 unspecified atom stereocenters. The molecule has 1 fully saturated rings. The lowest BCUT2D eigenvalue weighted by Crippen LogP contribution is -2.62. The van der Waals surface area contributed by atoms with Gasteiger partial charge >= 0.3 is 0 Å². The second kappa shape index (κ2) is 7.15. The van der Waals surface area contributed by atoms with Gasteiger partial charge in [-0.25, -0.2) is 0 Å². The number of thioether (sulfide) groups is 1. The molecule has 0 saturated carbocycles. The Balaban J connectivity index is 1.79. The number of fused-ring (bicyclic) bond motifs is 1. The Morgan fingerprint density at radius 1 is 1.32 bits per heavy atom. The van der Waals surface area contributed by atoms with Crippen LogP contribution in [0.2, 0.25) is 0 Å². The number of benzene rings is 1. The highest BCUT2D eigenvalue weighted by Crippen LogP contribution is 2.34. The summed E-state index contributed by atoms with van der Waals surface area (Å²) in [5, 5.41) is 2.94. The molecule has 1 atom stereocenters. The molecule has 2 heterocycles. The predicted molar refractivity (Wildman–Crippen MR) is 98.3 cm³/mol. The molecule has 136 valence electrons. The molecule has 0 aliphatic carbocycles. The number of ether oxygens (including phenoxy) is 2. The van der Waals surface area contributed by atoms with Crippen molar-refractivity contribution in [2.45, 2.75) is 26.3 Å². The summed E-state index contributed by atoms with van der Waals surface area (Å²) in [4.78, 5) is 27.1. The molecule has 2 aliphatic heterocycles. The van der Waals surface area contributed by atoms with Gasteiger partial charge in [0.05, 0.1) is 5.75 Å². The van der Waals surface area contributed by atoms with E-state index in [1.807, 2.05) is 20.8 Å². The van der Waals surface area contributed by atoms with Crippen molar-refractivity contribution in [2.75, 3.05) is 36.6 Å². The van der Waals surface area contributed by atoms with Crippen LogP contribution in [0.15, 0.2) is 18.2 Å².